The van der Waals surface area contributed by atoms with E-state index in [1.807, 2.05) is 12.1 Å². The van der Waals surface area contributed by atoms with E-state index in [9.17, 15) is 9.90 Å². The number of carbonyl (C=O) groups is 1. The zero-order chi connectivity index (χ0) is 17.2. The smallest absolute Gasteiger partial charge is 0.273 e. The third-order valence-electron chi connectivity index (χ3n) is 4.63. The second kappa shape index (κ2) is 6.95. The highest BCUT2D eigenvalue weighted by molar-refractivity contribution is 5.91. The fourth-order valence-electron chi connectivity index (χ4n) is 3.24. The third-order valence-corrected chi connectivity index (χ3v) is 4.63. The number of nitrogens with one attached hydrogen (secondary N) is 1. The standard InChI is InChI=1S/C18H21N3O4/c22-15-3-4-21(7-15)8-17-20-16(11-25-17)18(23)19-6-12-1-2-13-9-24-10-14(13)5-12/h1-2,5,11,15,22H,3-4,6-10H2,(H,19,23)/t15-/m0/s1. The minimum absolute atomic E-state index is 0.256. The number of oxazole rings is 1. The van der Waals surface area contributed by atoms with E-state index in [1.165, 1.54) is 17.4 Å². The molecule has 2 aromatic rings. The molecule has 4 rings (SSSR count). The van der Waals surface area contributed by atoms with Gasteiger partial charge in [0.25, 0.3) is 5.91 Å². The summed E-state index contributed by atoms with van der Waals surface area (Å²) in [5, 5.41) is 12.4. The maximum atomic E-state index is 12.2. The molecule has 2 aliphatic heterocycles. The zero-order valence-electron chi connectivity index (χ0n) is 13.9. The van der Waals surface area contributed by atoms with Gasteiger partial charge in [0.15, 0.2) is 5.69 Å². The number of hydrogen-bond donors (Lipinski definition) is 2. The van der Waals surface area contributed by atoms with Crippen molar-refractivity contribution in [2.45, 2.75) is 38.8 Å². The Morgan fingerprint density at radius 2 is 2.24 bits per heavy atom. The maximum Gasteiger partial charge on any atom is 0.273 e. The molecule has 7 nitrogen and oxygen atoms in total. The predicted molar refractivity (Wildman–Crippen MR) is 88.5 cm³/mol. The van der Waals surface area contributed by atoms with Crippen molar-refractivity contribution in [3.63, 3.8) is 0 Å². The summed E-state index contributed by atoms with van der Waals surface area (Å²) < 4.78 is 10.8. The summed E-state index contributed by atoms with van der Waals surface area (Å²) in [5.74, 6) is 0.238. The molecule has 1 fully saturated rings. The van der Waals surface area contributed by atoms with Gasteiger partial charge in [-0.1, -0.05) is 18.2 Å². The molecular formula is C18H21N3O4. The second-order valence-electron chi connectivity index (χ2n) is 6.58. The Bertz CT molecular complexity index is 773. The molecule has 0 bridgehead atoms. The highest BCUT2D eigenvalue weighted by Gasteiger charge is 2.22. The van der Waals surface area contributed by atoms with Crippen molar-refractivity contribution in [1.82, 2.24) is 15.2 Å². The number of amides is 1. The summed E-state index contributed by atoms with van der Waals surface area (Å²) >= 11 is 0. The third kappa shape index (κ3) is 3.73. The van der Waals surface area contributed by atoms with Gasteiger partial charge in [0.1, 0.15) is 6.26 Å². The summed E-state index contributed by atoms with van der Waals surface area (Å²) in [4.78, 5) is 18.5. The monoisotopic (exact) mass is 343 g/mol. The van der Waals surface area contributed by atoms with Crippen LogP contribution in [0, 0.1) is 0 Å². The molecule has 0 spiro atoms. The number of likely N-dealkylation sites (tertiary alicyclic amines) is 1. The van der Waals surface area contributed by atoms with Crippen LogP contribution in [0.25, 0.3) is 0 Å². The number of β-amino-alcohol motifs (C(OH)–C–C–N with tert-alkyl or cyclic N) is 1. The molecule has 2 aliphatic rings. The lowest BCUT2D eigenvalue weighted by Crippen LogP contribution is -2.24. The first kappa shape index (κ1) is 16.3. The normalized spacial score (nSPS) is 20.0. The van der Waals surface area contributed by atoms with Crippen molar-refractivity contribution in [3.05, 3.63) is 52.7 Å². The van der Waals surface area contributed by atoms with Crippen LogP contribution >= 0.6 is 0 Å². The van der Waals surface area contributed by atoms with Crippen molar-refractivity contribution in [2.24, 2.45) is 0 Å². The molecule has 0 unspecified atom stereocenters. The molecule has 132 valence electrons. The Balaban J connectivity index is 1.32. The molecule has 2 N–H and O–H groups in total. The van der Waals surface area contributed by atoms with Gasteiger partial charge in [-0.3, -0.25) is 9.69 Å². The summed E-state index contributed by atoms with van der Waals surface area (Å²) in [5.41, 5.74) is 3.71. The van der Waals surface area contributed by atoms with E-state index in [1.54, 1.807) is 0 Å². The van der Waals surface area contributed by atoms with Gasteiger partial charge in [0, 0.05) is 19.6 Å². The Morgan fingerprint density at radius 3 is 3.08 bits per heavy atom. The van der Waals surface area contributed by atoms with E-state index in [4.69, 9.17) is 9.15 Å². The highest BCUT2D eigenvalue weighted by atomic mass is 16.5. The molecule has 25 heavy (non-hydrogen) atoms. The number of rotatable bonds is 5. The molecule has 1 atom stereocenters. The predicted octanol–water partition coefficient (Wildman–Crippen LogP) is 1.20. The lowest BCUT2D eigenvalue weighted by atomic mass is 10.1. The number of aliphatic hydroxyl groups excluding tert-OH is 1. The van der Waals surface area contributed by atoms with Crippen molar-refractivity contribution in [2.75, 3.05) is 13.1 Å². The molecule has 3 heterocycles. The van der Waals surface area contributed by atoms with Gasteiger partial charge in [0.05, 0.1) is 25.9 Å². The minimum Gasteiger partial charge on any atom is -0.447 e. The largest absolute Gasteiger partial charge is 0.447 e. The van der Waals surface area contributed by atoms with Crippen molar-refractivity contribution in [1.29, 1.82) is 0 Å². The molecule has 1 aromatic carbocycles. The van der Waals surface area contributed by atoms with E-state index in [2.05, 4.69) is 21.3 Å². The summed E-state index contributed by atoms with van der Waals surface area (Å²) in [6.45, 7) is 3.67. The van der Waals surface area contributed by atoms with Gasteiger partial charge in [-0.15, -0.1) is 0 Å². The van der Waals surface area contributed by atoms with Crippen LogP contribution in [0.2, 0.25) is 0 Å². The number of fused-ring (bicyclic) bond motifs is 1. The van der Waals surface area contributed by atoms with Crippen molar-refractivity contribution >= 4 is 5.91 Å². The quantitative estimate of drug-likeness (QED) is 0.848. The Morgan fingerprint density at radius 1 is 1.36 bits per heavy atom. The number of carbonyl (C=O) groups excluding carboxylic acids is 1. The van der Waals surface area contributed by atoms with E-state index in [0.717, 1.165) is 18.5 Å². The van der Waals surface area contributed by atoms with Gasteiger partial charge in [0.2, 0.25) is 5.89 Å². The SMILES string of the molecule is O=C(NCc1ccc2c(c1)COC2)c1coc(CN2CC[C@H](O)C2)n1. The average Bonchev–Trinajstić information content (AvgIpc) is 3.33. The van der Waals surface area contributed by atoms with Crippen LogP contribution in [-0.4, -0.2) is 40.1 Å². The van der Waals surface area contributed by atoms with Gasteiger partial charge >= 0.3 is 0 Å². The molecule has 0 saturated carbocycles. The van der Waals surface area contributed by atoms with Crippen LogP contribution in [-0.2, 0) is 31.0 Å². The van der Waals surface area contributed by atoms with E-state index in [0.29, 0.717) is 38.7 Å². The van der Waals surface area contributed by atoms with Crippen LogP contribution in [0.15, 0.2) is 28.9 Å². The summed E-state index contributed by atoms with van der Waals surface area (Å²) in [6.07, 6.45) is 1.86. The van der Waals surface area contributed by atoms with E-state index >= 15 is 0 Å². The number of aromatic nitrogens is 1. The minimum atomic E-state index is -0.282. The molecule has 1 aromatic heterocycles. The molecule has 1 amide bonds. The number of hydrogen-bond acceptors (Lipinski definition) is 6. The molecule has 1 saturated heterocycles. The van der Waals surface area contributed by atoms with E-state index in [-0.39, 0.29) is 17.7 Å². The first-order chi connectivity index (χ1) is 12.2. The topological polar surface area (TPSA) is 87.8 Å². The number of nitrogens with zero attached hydrogens (tertiary/aromatic N) is 2. The molecule has 0 radical (unpaired) electrons. The first-order valence-electron chi connectivity index (χ1n) is 8.49. The Hall–Kier alpha value is -2.22. The highest BCUT2D eigenvalue weighted by Crippen LogP contribution is 2.20. The van der Waals surface area contributed by atoms with Crippen LogP contribution in [0.3, 0.4) is 0 Å². The van der Waals surface area contributed by atoms with Crippen LogP contribution in [0.1, 0.15) is 39.5 Å². The van der Waals surface area contributed by atoms with Crippen molar-refractivity contribution in [3.8, 4) is 0 Å². The van der Waals surface area contributed by atoms with Gasteiger partial charge in [-0.25, -0.2) is 4.98 Å². The van der Waals surface area contributed by atoms with Gasteiger partial charge < -0.3 is 19.6 Å². The molecular weight excluding hydrogens is 322 g/mol. The number of ether oxygens (including phenoxy) is 1. The lowest BCUT2D eigenvalue weighted by Gasteiger charge is -2.11. The lowest BCUT2D eigenvalue weighted by molar-refractivity contribution is 0.0945. The van der Waals surface area contributed by atoms with Crippen LogP contribution in [0.4, 0.5) is 0 Å². The molecule has 0 aliphatic carbocycles. The fraction of sp³-hybridized carbons (Fsp3) is 0.444. The Labute approximate surface area is 145 Å². The maximum absolute atomic E-state index is 12.2. The molecule has 7 heteroatoms. The van der Waals surface area contributed by atoms with Gasteiger partial charge in [-0.2, -0.15) is 0 Å². The van der Waals surface area contributed by atoms with Crippen molar-refractivity contribution < 1.29 is 19.1 Å². The summed E-state index contributed by atoms with van der Waals surface area (Å²) in [6, 6.07) is 6.11. The first-order valence-corrected chi connectivity index (χ1v) is 8.49. The van der Waals surface area contributed by atoms with E-state index < -0.39 is 0 Å². The fourth-order valence-corrected chi connectivity index (χ4v) is 3.24. The van der Waals surface area contributed by atoms with Gasteiger partial charge in [-0.05, 0) is 23.1 Å². The van der Waals surface area contributed by atoms with Crippen LogP contribution in [0.5, 0.6) is 0 Å². The average molecular weight is 343 g/mol. The number of aliphatic hydroxyl groups is 1. The Kier molecular flexibility index (Phi) is 4.52. The number of benzene rings is 1. The summed E-state index contributed by atoms with van der Waals surface area (Å²) in [7, 11) is 0. The second-order valence-corrected chi connectivity index (χ2v) is 6.58. The van der Waals surface area contributed by atoms with Crippen LogP contribution < -0.4 is 5.32 Å². The zero-order valence-corrected chi connectivity index (χ0v) is 13.9.